The summed E-state index contributed by atoms with van der Waals surface area (Å²) in [6.45, 7) is 2.09. The molecule has 78 heavy (non-hydrogen) atoms. The van der Waals surface area contributed by atoms with Crippen LogP contribution in [0.5, 0.6) is 11.5 Å². The smallest absolute Gasteiger partial charge is 0.245 e. The van der Waals surface area contributed by atoms with Crippen LogP contribution in [0.15, 0.2) is 78.9 Å². The third kappa shape index (κ3) is 21.1. The van der Waals surface area contributed by atoms with Gasteiger partial charge in [0.15, 0.2) is 0 Å². The lowest BCUT2D eigenvalue weighted by Gasteiger charge is -2.35. The summed E-state index contributed by atoms with van der Waals surface area (Å²) in [7, 11) is 2.00. The molecule has 3 aromatic carbocycles. The zero-order valence-electron chi connectivity index (χ0n) is 43.7. The number of hydrogen-bond donors (Lipinski definition) is 15. The molecule has 0 aromatic heterocycles. The summed E-state index contributed by atoms with van der Waals surface area (Å²) in [6, 6.07) is 9.06. The van der Waals surface area contributed by atoms with Gasteiger partial charge in [-0.2, -0.15) is 0 Å². The number of phenolic OH excluding ortho intramolecular Hbond substituents is 2. The molecule has 0 aliphatic carbocycles. The Bertz CT molecular complexity index is 2490. The van der Waals surface area contributed by atoms with Gasteiger partial charge < -0.3 is 80.8 Å². The number of nitrogens with two attached hydrogens (primary N) is 4. The molecule has 1 aliphatic heterocycles. The molecule has 8 atom stereocenters. The molecule has 19 N–H and O–H groups in total. The minimum Gasteiger partial charge on any atom is -0.508 e. The molecule has 1 aliphatic rings. The third-order valence-electron chi connectivity index (χ3n) is 12.5. The first-order valence-electron chi connectivity index (χ1n) is 25.5. The van der Waals surface area contributed by atoms with Crippen molar-refractivity contribution >= 4 is 74.8 Å². The number of aliphatic hydroxyl groups is 1. The van der Waals surface area contributed by atoms with Crippen molar-refractivity contribution in [3.05, 3.63) is 95.6 Å². The Hall–Kier alpha value is -6.97. The lowest BCUT2D eigenvalue weighted by Crippen LogP contribution is -2.62. The van der Waals surface area contributed by atoms with E-state index in [0.29, 0.717) is 48.9 Å². The van der Waals surface area contributed by atoms with Crippen LogP contribution in [0.2, 0.25) is 0 Å². The highest BCUT2D eigenvalue weighted by atomic mass is 33.1. The van der Waals surface area contributed by atoms with Crippen LogP contribution in [0, 0.1) is 0 Å². The second kappa shape index (κ2) is 32.1. The molecular weight excluding hydrogens is 1050 g/mol. The number of amides is 9. The van der Waals surface area contributed by atoms with E-state index in [1.807, 2.05) is 0 Å². The first-order valence-corrected chi connectivity index (χ1v) is 27.8. The van der Waals surface area contributed by atoms with E-state index in [1.54, 1.807) is 56.3 Å². The van der Waals surface area contributed by atoms with E-state index in [4.69, 9.17) is 22.9 Å². The van der Waals surface area contributed by atoms with E-state index in [2.05, 4.69) is 42.5 Å². The number of nitrogens with one attached hydrogen (secondary N) is 8. The number of phenols is 2. The van der Waals surface area contributed by atoms with Crippen LogP contribution in [0.4, 0.5) is 0 Å². The van der Waals surface area contributed by atoms with E-state index >= 15 is 0 Å². The van der Waals surface area contributed by atoms with Crippen LogP contribution in [0.1, 0.15) is 69.1 Å². The van der Waals surface area contributed by atoms with E-state index in [-0.39, 0.29) is 55.9 Å². The van der Waals surface area contributed by atoms with Gasteiger partial charge in [0.05, 0.1) is 19.2 Å². The fourth-order valence-corrected chi connectivity index (χ4v) is 10.8. The summed E-state index contributed by atoms with van der Waals surface area (Å²) in [5.41, 5.74) is 25.1. The Morgan fingerprint density at radius 3 is 1.78 bits per heavy atom. The van der Waals surface area contributed by atoms with Gasteiger partial charge in [0.2, 0.25) is 53.2 Å². The Morgan fingerprint density at radius 2 is 1.21 bits per heavy atom. The predicted octanol–water partition coefficient (Wildman–Crippen LogP) is -2.13. The fourth-order valence-electron chi connectivity index (χ4n) is 8.02. The monoisotopic (exact) mass is 1120 g/mol. The average Bonchev–Trinajstić information content (AvgIpc) is 3.41. The molecule has 1 saturated heterocycles. The first kappa shape index (κ1) is 63.6. The van der Waals surface area contributed by atoms with Crippen molar-refractivity contribution in [2.45, 2.75) is 125 Å². The minimum absolute atomic E-state index is 0.0113. The Kier molecular flexibility index (Phi) is 26.1. The van der Waals surface area contributed by atoms with Gasteiger partial charge in [-0.25, -0.2) is 0 Å². The number of aromatic hydroxyl groups is 2. The highest BCUT2D eigenvalue weighted by molar-refractivity contribution is 8.77. The Morgan fingerprint density at radius 1 is 0.667 bits per heavy atom. The zero-order chi connectivity index (χ0) is 57.4. The summed E-state index contributed by atoms with van der Waals surface area (Å²) in [5.74, 6) is -8.19. The molecule has 9 amide bonds. The van der Waals surface area contributed by atoms with E-state index in [9.17, 15) is 58.5 Å². The lowest BCUT2D eigenvalue weighted by atomic mass is 9.99. The maximum Gasteiger partial charge on any atom is 0.245 e. The molecule has 1 fully saturated rings. The molecule has 426 valence electrons. The van der Waals surface area contributed by atoms with E-state index in [1.165, 1.54) is 36.4 Å². The molecule has 3 aromatic rings. The van der Waals surface area contributed by atoms with Gasteiger partial charge in [-0.3, -0.25) is 43.2 Å². The SMILES string of the molecule is CC1(C)SSC[C@H](C(=O)N[C@@H](CCCCN)C(=O)N[C@@H](CCCCN)C(N)=O)NC(=O)[C@H](Cc2ccccc2)NC(=O)[C@H](CO)NC(=O)CNC(=O)[C@H](Cc2ccc(O)cc2)NC(=O)[C@H]1NC(=O)[C@@H](N)Cc1ccc(O)cc1. The molecule has 24 nitrogen and oxygen atoms in total. The van der Waals surface area contributed by atoms with Crippen LogP contribution in [0.3, 0.4) is 0 Å². The third-order valence-corrected chi connectivity index (χ3v) is 15.8. The van der Waals surface area contributed by atoms with Crippen LogP contribution in [0.25, 0.3) is 0 Å². The number of hydrogen-bond acceptors (Lipinski definition) is 17. The second-order valence-electron chi connectivity index (χ2n) is 19.2. The largest absolute Gasteiger partial charge is 0.508 e. The highest BCUT2D eigenvalue weighted by Crippen LogP contribution is 2.39. The second-order valence-corrected chi connectivity index (χ2v) is 22.2. The molecule has 0 radical (unpaired) electrons. The van der Waals surface area contributed by atoms with Crippen LogP contribution >= 0.6 is 21.6 Å². The standard InChI is InChI=1S/C52H74N12O12S2/c1-52(2)43(64-45(70)35(55)24-31-14-18-33(66)19-15-31)51(76)62-38(26-32-16-20-34(67)21-17-32)46(71)57-27-42(68)58-40(28-65)49(74)61-39(25-30-10-4-3-5-11-30)48(73)63-41(29-77-78-52)50(75)60-37(13-7-9-23-54)47(72)59-36(44(56)69)12-6-8-22-53/h3-5,10-11,14-21,35-41,43,65-67H,6-9,12-13,22-29,53-55H2,1-2H3,(H2,56,69)(H,57,71)(H,58,68)(H,59,72)(H,60,75)(H,61,74)(H,62,76)(H,63,73)(H,64,70)/t35-,36-,37-,38-,39-,40-,41+,43+/m0/s1. The van der Waals surface area contributed by atoms with E-state index in [0.717, 1.165) is 21.6 Å². The van der Waals surface area contributed by atoms with Crippen LogP contribution < -0.4 is 65.5 Å². The van der Waals surface area contributed by atoms with Gasteiger partial charge in [-0.05, 0) is 113 Å². The van der Waals surface area contributed by atoms with Gasteiger partial charge in [-0.1, -0.05) is 76.2 Å². The molecule has 0 bridgehead atoms. The van der Waals surface area contributed by atoms with Crippen molar-refractivity contribution in [2.24, 2.45) is 22.9 Å². The van der Waals surface area contributed by atoms with Crippen LogP contribution in [-0.2, 0) is 62.4 Å². The van der Waals surface area contributed by atoms with Crippen LogP contribution in [-0.4, -0.2) is 154 Å². The molecule has 1 heterocycles. The molecule has 0 saturated carbocycles. The van der Waals surface area contributed by atoms with Gasteiger partial charge in [0.25, 0.3) is 0 Å². The molecular formula is C52H74N12O12S2. The van der Waals surface area contributed by atoms with Crippen molar-refractivity contribution in [3.8, 4) is 11.5 Å². The van der Waals surface area contributed by atoms with Crippen molar-refractivity contribution in [3.63, 3.8) is 0 Å². The number of carbonyl (C=O) groups is 9. The topological polar surface area (TPSA) is 415 Å². The van der Waals surface area contributed by atoms with Crippen molar-refractivity contribution in [1.82, 2.24) is 42.5 Å². The quantitative estimate of drug-likeness (QED) is 0.0377. The molecule has 26 heteroatoms. The number of rotatable bonds is 22. The predicted molar refractivity (Wildman–Crippen MR) is 294 cm³/mol. The summed E-state index contributed by atoms with van der Waals surface area (Å²) in [4.78, 5) is 126. The maximum atomic E-state index is 14.7. The summed E-state index contributed by atoms with van der Waals surface area (Å²) in [5, 5.41) is 51.0. The highest BCUT2D eigenvalue weighted by Gasteiger charge is 2.41. The zero-order valence-corrected chi connectivity index (χ0v) is 45.3. The first-order chi connectivity index (χ1) is 37.1. The summed E-state index contributed by atoms with van der Waals surface area (Å²) >= 11 is 0. The molecule has 4 rings (SSSR count). The lowest BCUT2D eigenvalue weighted by molar-refractivity contribution is -0.135. The number of benzene rings is 3. The number of primary amides is 1. The summed E-state index contributed by atoms with van der Waals surface area (Å²) in [6.07, 6.45) is 1.71. The van der Waals surface area contributed by atoms with Gasteiger partial charge >= 0.3 is 0 Å². The van der Waals surface area contributed by atoms with Gasteiger partial charge in [0.1, 0.15) is 53.8 Å². The van der Waals surface area contributed by atoms with E-state index < -0.39 is 119 Å². The maximum absolute atomic E-state index is 14.7. The van der Waals surface area contributed by atoms with Crippen molar-refractivity contribution < 1.29 is 58.5 Å². The normalized spacial score (nSPS) is 20.9. The number of aliphatic hydroxyl groups excluding tert-OH is 1. The van der Waals surface area contributed by atoms with Crippen molar-refractivity contribution in [2.75, 3.05) is 32.0 Å². The van der Waals surface area contributed by atoms with Gasteiger partial charge in [-0.15, -0.1) is 0 Å². The fraction of sp³-hybridized carbons (Fsp3) is 0.481. The van der Waals surface area contributed by atoms with Crippen molar-refractivity contribution in [1.29, 1.82) is 0 Å². The Balaban J connectivity index is 1.80. The summed E-state index contributed by atoms with van der Waals surface area (Å²) < 4.78 is -1.37. The Labute approximate surface area is 460 Å². The molecule has 0 spiro atoms. The van der Waals surface area contributed by atoms with Gasteiger partial charge in [0, 0.05) is 23.3 Å². The number of carbonyl (C=O) groups excluding carboxylic acids is 9. The molecule has 0 unspecified atom stereocenters. The minimum atomic E-state index is -1.66. The number of unbranched alkanes of at least 4 members (excludes halogenated alkanes) is 2. The average molecular weight is 1120 g/mol.